The van der Waals surface area contributed by atoms with Crippen molar-refractivity contribution in [2.24, 2.45) is 0 Å². The van der Waals surface area contributed by atoms with E-state index < -0.39 is 0 Å². The van der Waals surface area contributed by atoms with Crippen LogP contribution in [0, 0.1) is 0 Å². The number of rotatable bonds is 0. The molecule has 0 saturated heterocycles. The Morgan fingerprint density at radius 1 is 1.00 bits per heavy atom. The Balaban J connectivity index is 0. The summed E-state index contributed by atoms with van der Waals surface area (Å²) in [5.74, 6) is 0. The van der Waals surface area contributed by atoms with Crippen LogP contribution < -0.4 is 0 Å². The zero-order chi connectivity index (χ0) is 0. The maximum absolute atomic E-state index is 0. The van der Waals surface area contributed by atoms with Crippen LogP contribution in [0.1, 0.15) is 0 Å². The van der Waals surface area contributed by atoms with E-state index in [-0.39, 0.29) is 148 Å². The molecule has 0 unspecified atom stereocenters. The van der Waals surface area contributed by atoms with Crippen LogP contribution in [0.4, 0.5) is 0 Å². The molecule has 0 aromatic heterocycles. The van der Waals surface area contributed by atoms with Crippen LogP contribution in [0.2, 0.25) is 0 Å². The molecule has 4 heavy (non-hydrogen) atoms. The molecule has 0 aromatic rings. The minimum absolute atomic E-state index is 0. The van der Waals surface area contributed by atoms with Crippen LogP contribution in [-0.4, -0.2) is 148 Å². The fourth-order valence-electron chi connectivity index (χ4n) is 0. The molecule has 6 valence electrons. The van der Waals surface area contributed by atoms with Crippen LogP contribution in [0.5, 0.6) is 0 Å². The first-order valence-corrected chi connectivity index (χ1v) is 0. The first kappa shape index (κ1) is 23.8. The van der Waals surface area contributed by atoms with Gasteiger partial charge in [0.2, 0.25) is 0 Å². The molecule has 0 spiro atoms. The van der Waals surface area contributed by atoms with Crippen LogP contribution in [-0.2, 0) is 0 Å². The summed E-state index contributed by atoms with van der Waals surface area (Å²) in [4.78, 5) is 0. The van der Waals surface area contributed by atoms with E-state index in [2.05, 4.69) is 0 Å². The smallest absolute Gasteiger partial charge is 0 e. The van der Waals surface area contributed by atoms with Gasteiger partial charge in [-0.15, -0.1) is 0 Å². The second kappa shape index (κ2) is 15.7. The minimum atomic E-state index is 0. The molecule has 6 radical (unpaired) electrons. The Kier molecular flexibility index (Phi) is 93.3. The molecular weight excluding hydrogens is 190 g/mol. The summed E-state index contributed by atoms with van der Waals surface area (Å²) in [6.07, 6.45) is 0. The second-order valence-corrected chi connectivity index (χ2v) is 0. The van der Waals surface area contributed by atoms with E-state index in [1.54, 1.807) is 0 Å². The van der Waals surface area contributed by atoms with Crippen LogP contribution in [0.3, 0.4) is 0 Å². The molecule has 0 aromatic carbocycles. The summed E-state index contributed by atoms with van der Waals surface area (Å²) in [7, 11) is 0. The number of hydrogen-bond acceptors (Lipinski definition) is 0. The van der Waals surface area contributed by atoms with E-state index in [1.165, 1.54) is 0 Å². The van der Waals surface area contributed by atoms with E-state index in [4.69, 9.17) is 0 Å². The molecule has 0 nitrogen and oxygen atoms in total. The van der Waals surface area contributed by atoms with Crippen molar-refractivity contribution in [3.63, 3.8) is 0 Å². The zero-order valence-corrected chi connectivity index (χ0v) is 13.0. The molecular formula is BCsKLi. The van der Waals surface area contributed by atoms with Crippen molar-refractivity contribution in [2.75, 3.05) is 0 Å². The van der Waals surface area contributed by atoms with Gasteiger partial charge in [0.15, 0.2) is 0 Å². The van der Waals surface area contributed by atoms with Gasteiger partial charge < -0.3 is 0 Å². The van der Waals surface area contributed by atoms with Crippen molar-refractivity contribution in [1.29, 1.82) is 0 Å². The van der Waals surface area contributed by atoms with Gasteiger partial charge in [0, 0.05) is 148 Å². The Labute approximate surface area is 142 Å². The third kappa shape index (κ3) is 9.61. The van der Waals surface area contributed by atoms with Gasteiger partial charge in [0.05, 0.1) is 0 Å². The van der Waals surface area contributed by atoms with Gasteiger partial charge in [-0.3, -0.25) is 0 Å². The molecule has 0 N–H and O–H groups in total. The fourth-order valence-corrected chi connectivity index (χ4v) is 0. The normalized spacial score (nSPS) is 0. The van der Waals surface area contributed by atoms with Gasteiger partial charge >= 0.3 is 0 Å². The largest absolute Gasteiger partial charge is 0 e. The number of hydrogen-bond donors (Lipinski definition) is 0. The molecule has 0 aliphatic carbocycles. The van der Waals surface area contributed by atoms with Crippen LogP contribution in [0.15, 0.2) is 0 Å². The molecule has 0 rings (SSSR count). The zero-order valence-electron chi connectivity index (χ0n) is 3.58. The molecule has 0 bridgehead atoms. The van der Waals surface area contributed by atoms with Crippen molar-refractivity contribution in [1.82, 2.24) is 0 Å². The van der Waals surface area contributed by atoms with Crippen molar-refractivity contribution in [2.45, 2.75) is 0 Å². The Bertz CT molecular complexity index is 8.00. The van der Waals surface area contributed by atoms with Crippen molar-refractivity contribution in [3.05, 3.63) is 0 Å². The maximum Gasteiger partial charge on any atom is 0 e. The van der Waals surface area contributed by atoms with E-state index in [9.17, 15) is 0 Å². The minimum Gasteiger partial charge on any atom is 0 e. The first-order valence-electron chi connectivity index (χ1n) is 0. The molecule has 0 fully saturated rings. The summed E-state index contributed by atoms with van der Waals surface area (Å²) in [6, 6.07) is 0. The predicted molar refractivity (Wildman–Crippen MR) is 23.0 cm³/mol. The predicted octanol–water partition coefficient (Wildman–Crippen LogP) is -1.52. The summed E-state index contributed by atoms with van der Waals surface area (Å²) in [5.41, 5.74) is 0. The van der Waals surface area contributed by atoms with Gasteiger partial charge in [0.25, 0.3) is 0 Å². The van der Waals surface area contributed by atoms with Gasteiger partial charge in [-0.2, -0.15) is 0 Å². The van der Waals surface area contributed by atoms with Crippen molar-refractivity contribution < 1.29 is 0 Å². The summed E-state index contributed by atoms with van der Waals surface area (Å²) >= 11 is 0. The molecule has 0 heterocycles. The van der Waals surface area contributed by atoms with Crippen LogP contribution in [0.25, 0.3) is 0 Å². The Morgan fingerprint density at radius 3 is 1.00 bits per heavy atom. The van der Waals surface area contributed by atoms with E-state index in [0.717, 1.165) is 0 Å². The fraction of sp³-hybridized carbons (Fsp3) is 0. The average molecular weight is 190 g/mol. The molecule has 0 saturated carbocycles. The third-order valence-electron chi connectivity index (χ3n) is 0. The van der Waals surface area contributed by atoms with Crippen LogP contribution >= 0.6 is 0 Å². The standard InChI is InChI=1S/B.Cs.K.Li. The Hall–Kier alpha value is 4.35. The van der Waals surface area contributed by atoms with E-state index >= 15 is 0 Å². The molecule has 0 aliphatic heterocycles. The second-order valence-electron chi connectivity index (χ2n) is 0. The van der Waals surface area contributed by atoms with Gasteiger partial charge in [-0.25, -0.2) is 0 Å². The maximum atomic E-state index is 0. The molecule has 0 aliphatic rings. The first-order chi connectivity index (χ1) is 0. The van der Waals surface area contributed by atoms with Crippen molar-refractivity contribution >= 4 is 148 Å². The quantitative estimate of drug-likeness (QED) is 0.406. The summed E-state index contributed by atoms with van der Waals surface area (Å²) < 4.78 is 0. The van der Waals surface area contributed by atoms with Gasteiger partial charge in [-0.05, 0) is 0 Å². The molecule has 4 heteroatoms. The topological polar surface area (TPSA) is 0 Å². The monoisotopic (exact) mass is 190 g/mol. The molecule has 0 amide bonds. The van der Waals surface area contributed by atoms with Gasteiger partial charge in [-0.1, -0.05) is 0 Å². The SMILES string of the molecule is [B].[Cs].[K].[Li]. The third-order valence-corrected chi connectivity index (χ3v) is 0. The van der Waals surface area contributed by atoms with Gasteiger partial charge in [0.1, 0.15) is 0 Å². The van der Waals surface area contributed by atoms with E-state index in [1.807, 2.05) is 0 Å². The molecule has 0 atom stereocenters. The Morgan fingerprint density at radius 2 is 1.00 bits per heavy atom. The van der Waals surface area contributed by atoms with Crippen molar-refractivity contribution in [3.8, 4) is 0 Å². The summed E-state index contributed by atoms with van der Waals surface area (Å²) in [6.45, 7) is 0. The van der Waals surface area contributed by atoms with E-state index in [0.29, 0.717) is 0 Å². The average Bonchev–Trinajstić information content (AvgIpc) is 0. The summed E-state index contributed by atoms with van der Waals surface area (Å²) in [5, 5.41) is 0.